The SMILES string of the molecule is CC(C)(C)NC(=O)[C@H](Cc1ccccc1)N(Cc1ccccc1Cl)C(=O)CSCc1ccccc1F. The fourth-order valence-electron chi connectivity index (χ4n) is 3.76. The minimum absolute atomic E-state index is 0.104. The first kappa shape index (κ1) is 27.8. The van der Waals surface area contributed by atoms with Gasteiger partial charge in [0.15, 0.2) is 0 Å². The van der Waals surface area contributed by atoms with E-state index in [4.69, 9.17) is 11.6 Å². The van der Waals surface area contributed by atoms with E-state index in [1.165, 1.54) is 17.8 Å². The second-order valence-corrected chi connectivity index (χ2v) is 11.0. The lowest BCUT2D eigenvalue weighted by Gasteiger charge is -2.34. The van der Waals surface area contributed by atoms with Crippen LogP contribution in [0.5, 0.6) is 0 Å². The summed E-state index contributed by atoms with van der Waals surface area (Å²) in [7, 11) is 0. The van der Waals surface area contributed by atoms with Crippen LogP contribution in [-0.2, 0) is 28.3 Å². The van der Waals surface area contributed by atoms with Crippen LogP contribution in [-0.4, -0.2) is 34.0 Å². The van der Waals surface area contributed by atoms with E-state index < -0.39 is 11.6 Å². The van der Waals surface area contributed by atoms with E-state index in [1.807, 2.05) is 69.3 Å². The molecule has 3 rings (SSSR count). The first-order valence-corrected chi connectivity index (χ1v) is 13.4. The van der Waals surface area contributed by atoms with Crippen molar-refractivity contribution in [1.82, 2.24) is 10.2 Å². The molecule has 0 heterocycles. The Kier molecular flexibility index (Phi) is 9.97. The molecule has 7 heteroatoms. The molecule has 0 saturated heterocycles. The van der Waals surface area contributed by atoms with Gasteiger partial charge in [-0.3, -0.25) is 9.59 Å². The van der Waals surface area contributed by atoms with Crippen LogP contribution in [0.2, 0.25) is 5.02 Å². The number of nitrogens with zero attached hydrogens (tertiary/aromatic N) is 1. The largest absolute Gasteiger partial charge is 0.350 e. The molecule has 2 amide bonds. The van der Waals surface area contributed by atoms with Crippen molar-refractivity contribution < 1.29 is 14.0 Å². The Morgan fingerprint density at radius 3 is 2.19 bits per heavy atom. The maximum atomic E-state index is 14.1. The molecule has 0 spiro atoms. The molecule has 4 nitrogen and oxygen atoms in total. The van der Waals surface area contributed by atoms with Gasteiger partial charge in [-0.05, 0) is 49.6 Å². The number of nitrogens with one attached hydrogen (secondary N) is 1. The molecule has 36 heavy (non-hydrogen) atoms. The van der Waals surface area contributed by atoms with Gasteiger partial charge in [-0.25, -0.2) is 4.39 Å². The van der Waals surface area contributed by atoms with Gasteiger partial charge in [0.05, 0.1) is 5.75 Å². The van der Waals surface area contributed by atoms with Crippen molar-refractivity contribution in [2.24, 2.45) is 0 Å². The molecule has 0 aliphatic carbocycles. The first-order valence-electron chi connectivity index (χ1n) is 11.8. The lowest BCUT2D eigenvalue weighted by atomic mass is 10.0. The van der Waals surface area contributed by atoms with Gasteiger partial charge in [0.25, 0.3) is 0 Å². The molecule has 0 radical (unpaired) electrons. The molecular formula is C29H32ClFN2O2S. The molecule has 0 fully saturated rings. The summed E-state index contributed by atoms with van der Waals surface area (Å²) in [6.45, 7) is 5.92. The Balaban J connectivity index is 1.89. The Hall–Kier alpha value is -2.83. The van der Waals surface area contributed by atoms with Crippen LogP contribution < -0.4 is 5.32 Å². The number of halogens is 2. The quantitative estimate of drug-likeness (QED) is 0.339. The number of thioether (sulfide) groups is 1. The Morgan fingerprint density at radius 2 is 1.56 bits per heavy atom. The van der Waals surface area contributed by atoms with Crippen molar-refractivity contribution in [2.75, 3.05) is 5.75 Å². The van der Waals surface area contributed by atoms with E-state index in [2.05, 4.69) is 5.32 Å². The molecule has 0 saturated carbocycles. The standard InChI is InChI=1S/C29H32ClFN2O2S/c1-29(2,3)32-28(35)26(17-21-11-5-4-6-12-21)33(18-22-13-7-9-15-24(22)30)27(34)20-36-19-23-14-8-10-16-25(23)31/h4-16,26H,17-20H2,1-3H3,(H,32,35)/t26-/m0/s1. The molecule has 0 aliphatic rings. The second kappa shape index (κ2) is 12.9. The monoisotopic (exact) mass is 526 g/mol. The molecule has 3 aromatic carbocycles. The molecule has 1 N–H and O–H groups in total. The lowest BCUT2D eigenvalue weighted by molar-refractivity contribution is -0.140. The van der Waals surface area contributed by atoms with Crippen molar-refractivity contribution in [1.29, 1.82) is 0 Å². The summed E-state index contributed by atoms with van der Waals surface area (Å²) in [5.41, 5.74) is 1.78. The van der Waals surface area contributed by atoms with Crippen LogP contribution in [0.15, 0.2) is 78.9 Å². The van der Waals surface area contributed by atoms with Crippen molar-refractivity contribution in [3.63, 3.8) is 0 Å². The third-order valence-electron chi connectivity index (χ3n) is 5.51. The highest BCUT2D eigenvalue weighted by Crippen LogP contribution is 2.23. The number of rotatable bonds is 10. The summed E-state index contributed by atoms with van der Waals surface area (Å²) in [6, 6.07) is 22.8. The predicted molar refractivity (Wildman–Crippen MR) is 146 cm³/mol. The molecule has 0 aromatic heterocycles. The Morgan fingerprint density at radius 1 is 0.944 bits per heavy atom. The van der Waals surface area contributed by atoms with Crippen LogP contribution in [0, 0.1) is 5.82 Å². The summed E-state index contributed by atoms with van der Waals surface area (Å²) >= 11 is 7.76. The minimum Gasteiger partial charge on any atom is -0.350 e. The van der Waals surface area contributed by atoms with Crippen molar-refractivity contribution in [3.05, 3.63) is 106 Å². The zero-order chi connectivity index (χ0) is 26.1. The van der Waals surface area contributed by atoms with Crippen LogP contribution in [0.25, 0.3) is 0 Å². The molecule has 0 bridgehead atoms. The van der Waals surface area contributed by atoms with Crippen LogP contribution in [0.3, 0.4) is 0 Å². The number of hydrogen-bond acceptors (Lipinski definition) is 3. The van der Waals surface area contributed by atoms with Crippen LogP contribution in [0.4, 0.5) is 4.39 Å². The zero-order valence-electron chi connectivity index (χ0n) is 20.8. The van der Waals surface area contributed by atoms with Gasteiger partial charge >= 0.3 is 0 Å². The molecule has 3 aromatic rings. The minimum atomic E-state index is -0.746. The number of benzene rings is 3. The summed E-state index contributed by atoms with van der Waals surface area (Å²) in [5, 5.41) is 3.57. The number of carbonyl (C=O) groups is 2. The lowest BCUT2D eigenvalue weighted by Crippen LogP contribution is -2.54. The average molecular weight is 527 g/mol. The van der Waals surface area contributed by atoms with E-state index >= 15 is 0 Å². The van der Waals surface area contributed by atoms with E-state index in [-0.39, 0.29) is 29.9 Å². The summed E-state index contributed by atoms with van der Waals surface area (Å²) in [6.07, 6.45) is 0.358. The summed E-state index contributed by atoms with van der Waals surface area (Å²) in [5.74, 6) is -0.271. The van der Waals surface area contributed by atoms with E-state index in [1.54, 1.807) is 29.2 Å². The summed E-state index contributed by atoms with van der Waals surface area (Å²) < 4.78 is 14.1. The van der Waals surface area contributed by atoms with Gasteiger partial charge in [-0.15, -0.1) is 11.8 Å². The highest BCUT2D eigenvalue weighted by atomic mass is 35.5. The molecule has 0 aliphatic heterocycles. The van der Waals surface area contributed by atoms with E-state index in [0.717, 1.165) is 11.1 Å². The Bertz CT molecular complexity index is 1170. The summed E-state index contributed by atoms with van der Waals surface area (Å²) in [4.78, 5) is 28.8. The number of hydrogen-bond donors (Lipinski definition) is 1. The molecular weight excluding hydrogens is 495 g/mol. The van der Waals surface area contributed by atoms with Gasteiger partial charge in [0, 0.05) is 29.3 Å². The average Bonchev–Trinajstić information content (AvgIpc) is 2.83. The van der Waals surface area contributed by atoms with Gasteiger partial charge in [-0.1, -0.05) is 78.3 Å². The second-order valence-electron chi connectivity index (χ2n) is 9.64. The van der Waals surface area contributed by atoms with E-state index in [0.29, 0.717) is 22.8 Å². The van der Waals surface area contributed by atoms with Crippen LogP contribution in [0.1, 0.15) is 37.5 Å². The third-order valence-corrected chi connectivity index (χ3v) is 6.84. The van der Waals surface area contributed by atoms with Gasteiger partial charge < -0.3 is 10.2 Å². The number of amides is 2. The zero-order valence-corrected chi connectivity index (χ0v) is 22.4. The van der Waals surface area contributed by atoms with Crippen LogP contribution >= 0.6 is 23.4 Å². The Labute approximate surface area is 222 Å². The van der Waals surface area contributed by atoms with Crippen molar-refractivity contribution in [2.45, 2.75) is 51.1 Å². The van der Waals surface area contributed by atoms with Crippen molar-refractivity contribution in [3.8, 4) is 0 Å². The van der Waals surface area contributed by atoms with Gasteiger partial charge in [0.1, 0.15) is 11.9 Å². The molecule has 1 atom stereocenters. The fraction of sp³-hybridized carbons (Fsp3) is 0.310. The normalized spacial score (nSPS) is 12.1. The maximum Gasteiger partial charge on any atom is 0.243 e. The van der Waals surface area contributed by atoms with Crippen molar-refractivity contribution >= 4 is 35.2 Å². The highest BCUT2D eigenvalue weighted by Gasteiger charge is 2.32. The first-order chi connectivity index (χ1) is 17.1. The van der Waals surface area contributed by atoms with Gasteiger partial charge in [0.2, 0.25) is 11.8 Å². The molecule has 0 unspecified atom stereocenters. The smallest absolute Gasteiger partial charge is 0.243 e. The predicted octanol–water partition coefficient (Wildman–Crippen LogP) is 6.27. The fourth-order valence-corrected chi connectivity index (χ4v) is 4.86. The molecule has 190 valence electrons. The third kappa shape index (κ3) is 8.38. The number of carbonyl (C=O) groups excluding carboxylic acids is 2. The highest BCUT2D eigenvalue weighted by molar-refractivity contribution is 7.99. The topological polar surface area (TPSA) is 49.4 Å². The van der Waals surface area contributed by atoms with E-state index in [9.17, 15) is 14.0 Å². The maximum absolute atomic E-state index is 14.1. The van der Waals surface area contributed by atoms with Gasteiger partial charge in [-0.2, -0.15) is 0 Å².